The first-order valence-corrected chi connectivity index (χ1v) is 12.2. The summed E-state index contributed by atoms with van der Waals surface area (Å²) < 4.78 is 28.4. The van der Waals surface area contributed by atoms with Gasteiger partial charge in [0, 0.05) is 17.5 Å². The molecular formula is C24H27N3O5S. The maximum absolute atomic E-state index is 13.0. The van der Waals surface area contributed by atoms with Crippen LogP contribution in [0.5, 0.6) is 0 Å². The van der Waals surface area contributed by atoms with E-state index in [9.17, 15) is 18.0 Å². The van der Waals surface area contributed by atoms with Crippen molar-refractivity contribution in [3.63, 3.8) is 0 Å². The smallest absolute Gasteiger partial charge is 0.261 e. The first-order valence-electron chi connectivity index (χ1n) is 10.7. The molecule has 3 aromatic rings. The fourth-order valence-electron chi connectivity index (χ4n) is 3.56. The molecule has 0 heterocycles. The van der Waals surface area contributed by atoms with Gasteiger partial charge in [0.15, 0.2) is 0 Å². The van der Waals surface area contributed by atoms with E-state index in [0.29, 0.717) is 31.1 Å². The molecule has 0 bridgehead atoms. The van der Waals surface area contributed by atoms with Crippen LogP contribution >= 0.6 is 0 Å². The van der Waals surface area contributed by atoms with Gasteiger partial charge in [-0.25, -0.2) is 13.9 Å². The van der Waals surface area contributed by atoms with Crippen molar-refractivity contribution in [3.8, 4) is 0 Å². The highest BCUT2D eigenvalue weighted by molar-refractivity contribution is 7.89. The second-order valence-electron chi connectivity index (χ2n) is 7.64. The normalized spacial score (nSPS) is 12.3. The Bertz CT molecular complexity index is 1190. The van der Waals surface area contributed by atoms with Gasteiger partial charge >= 0.3 is 0 Å². The van der Waals surface area contributed by atoms with Crippen LogP contribution in [0.15, 0.2) is 77.7 Å². The van der Waals surface area contributed by atoms with Crippen molar-refractivity contribution in [2.24, 2.45) is 0 Å². The summed E-state index contributed by atoms with van der Waals surface area (Å²) in [7, 11) is -4.02. The third-order valence-electron chi connectivity index (χ3n) is 5.22. The second kappa shape index (κ2) is 11.6. The number of anilines is 1. The second-order valence-corrected chi connectivity index (χ2v) is 9.32. The number of para-hydroxylation sites is 1. The first kappa shape index (κ1) is 24.4. The number of fused-ring (bicyclic) bond motifs is 1. The maximum Gasteiger partial charge on any atom is 0.261 e. The summed E-state index contributed by atoms with van der Waals surface area (Å²) in [5, 5.41) is 13.2. The van der Waals surface area contributed by atoms with Gasteiger partial charge in [0.05, 0.1) is 4.90 Å². The molecule has 0 spiro atoms. The molecule has 0 saturated heterocycles. The SMILES string of the molecule is O=C(CCCCC[C@H](NS(=O)(=O)c1cccc2ccccc12)C(=O)NO)Nc1ccccc1. The number of hydroxylamine groups is 1. The lowest BCUT2D eigenvalue weighted by Gasteiger charge is -2.17. The van der Waals surface area contributed by atoms with Crippen molar-refractivity contribution in [3.05, 3.63) is 72.8 Å². The number of rotatable bonds is 11. The lowest BCUT2D eigenvalue weighted by atomic mass is 10.1. The Hall–Kier alpha value is -3.27. The summed E-state index contributed by atoms with van der Waals surface area (Å²) >= 11 is 0. The van der Waals surface area contributed by atoms with Crippen LogP contribution in [0.2, 0.25) is 0 Å². The molecule has 0 aliphatic carbocycles. The number of benzene rings is 3. The summed E-state index contributed by atoms with van der Waals surface area (Å²) in [5.41, 5.74) is 2.26. The minimum Gasteiger partial charge on any atom is -0.326 e. The van der Waals surface area contributed by atoms with Crippen LogP contribution in [0, 0.1) is 0 Å². The predicted octanol–water partition coefficient (Wildman–Crippen LogP) is 3.58. The van der Waals surface area contributed by atoms with Crippen molar-refractivity contribution in [2.45, 2.75) is 43.0 Å². The van der Waals surface area contributed by atoms with Gasteiger partial charge in [-0.3, -0.25) is 14.8 Å². The van der Waals surface area contributed by atoms with Gasteiger partial charge in [-0.05, 0) is 36.4 Å². The molecular weight excluding hydrogens is 442 g/mol. The fourth-order valence-corrected chi connectivity index (χ4v) is 5.02. The van der Waals surface area contributed by atoms with Gasteiger partial charge in [0.25, 0.3) is 5.91 Å². The van der Waals surface area contributed by atoms with E-state index in [1.807, 2.05) is 24.3 Å². The third kappa shape index (κ3) is 6.85. The van der Waals surface area contributed by atoms with Crippen LogP contribution in [0.1, 0.15) is 32.1 Å². The lowest BCUT2D eigenvalue weighted by Crippen LogP contribution is -2.45. The van der Waals surface area contributed by atoms with Crippen LogP contribution in [-0.2, 0) is 19.6 Å². The molecule has 0 unspecified atom stereocenters. The van der Waals surface area contributed by atoms with Crippen LogP contribution in [0.25, 0.3) is 10.8 Å². The Morgan fingerprint density at radius 1 is 0.848 bits per heavy atom. The number of unbranched alkanes of at least 4 members (excludes halogenated alkanes) is 2. The van der Waals surface area contributed by atoms with Gasteiger partial charge in [0.1, 0.15) is 6.04 Å². The van der Waals surface area contributed by atoms with E-state index in [4.69, 9.17) is 5.21 Å². The molecule has 3 aromatic carbocycles. The molecule has 0 aliphatic rings. The van der Waals surface area contributed by atoms with Crippen molar-refractivity contribution in [2.75, 3.05) is 5.32 Å². The van der Waals surface area contributed by atoms with Crippen molar-refractivity contribution >= 4 is 38.3 Å². The molecule has 9 heteroatoms. The number of hydrogen-bond acceptors (Lipinski definition) is 5. The number of sulfonamides is 1. The van der Waals surface area contributed by atoms with Crippen LogP contribution in [0.4, 0.5) is 5.69 Å². The van der Waals surface area contributed by atoms with E-state index < -0.39 is 22.0 Å². The standard InChI is InChI=1S/C24H27N3O5S/c28-23(25-19-12-3-1-4-13-19)17-6-2-5-15-21(24(29)26-30)27-33(31,32)22-16-9-11-18-10-7-8-14-20(18)22/h1,3-4,7-14,16,21,27,30H,2,5-6,15,17H2,(H,25,28)(H,26,29)/t21-/m0/s1. The Morgan fingerprint density at radius 2 is 1.55 bits per heavy atom. The van der Waals surface area contributed by atoms with E-state index in [2.05, 4.69) is 10.0 Å². The summed E-state index contributed by atoms with van der Waals surface area (Å²) in [5.74, 6) is -0.942. The molecule has 4 N–H and O–H groups in total. The van der Waals surface area contributed by atoms with Gasteiger partial charge in [-0.2, -0.15) is 4.72 Å². The Labute approximate surface area is 193 Å². The molecule has 2 amide bonds. The molecule has 0 radical (unpaired) electrons. The minimum absolute atomic E-state index is 0.0638. The Kier molecular flexibility index (Phi) is 8.53. The molecule has 1 atom stereocenters. The minimum atomic E-state index is -4.02. The Balaban J connectivity index is 1.55. The molecule has 8 nitrogen and oxygen atoms in total. The van der Waals surface area contributed by atoms with E-state index in [-0.39, 0.29) is 17.2 Å². The van der Waals surface area contributed by atoms with Crippen molar-refractivity contribution < 1.29 is 23.2 Å². The largest absolute Gasteiger partial charge is 0.326 e. The predicted molar refractivity (Wildman–Crippen MR) is 126 cm³/mol. The van der Waals surface area contributed by atoms with Crippen molar-refractivity contribution in [1.82, 2.24) is 10.2 Å². The van der Waals surface area contributed by atoms with Gasteiger partial charge < -0.3 is 5.32 Å². The van der Waals surface area contributed by atoms with Crippen molar-refractivity contribution in [1.29, 1.82) is 0 Å². The summed E-state index contributed by atoms with van der Waals surface area (Å²) in [6.45, 7) is 0. The highest BCUT2D eigenvalue weighted by Gasteiger charge is 2.26. The maximum atomic E-state index is 13.0. The average molecular weight is 470 g/mol. The molecule has 3 rings (SSSR count). The Morgan fingerprint density at radius 3 is 2.30 bits per heavy atom. The summed E-state index contributed by atoms with van der Waals surface area (Å²) in [4.78, 5) is 24.2. The number of nitrogens with one attached hydrogen (secondary N) is 3. The zero-order valence-corrected chi connectivity index (χ0v) is 18.8. The van der Waals surface area contributed by atoms with Gasteiger partial charge in [0.2, 0.25) is 15.9 Å². The molecule has 0 aromatic heterocycles. The summed E-state index contributed by atoms with van der Waals surface area (Å²) in [6.07, 6.45) is 2.19. The monoisotopic (exact) mass is 469 g/mol. The topological polar surface area (TPSA) is 125 Å². The van der Waals surface area contributed by atoms with Crippen LogP contribution in [0.3, 0.4) is 0 Å². The van der Waals surface area contributed by atoms with E-state index in [1.54, 1.807) is 42.5 Å². The lowest BCUT2D eigenvalue weighted by molar-refractivity contribution is -0.131. The third-order valence-corrected chi connectivity index (χ3v) is 6.75. The highest BCUT2D eigenvalue weighted by Crippen LogP contribution is 2.23. The number of hydrogen-bond donors (Lipinski definition) is 4. The molecule has 0 saturated carbocycles. The highest BCUT2D eigenvalue weighted by atomic mass is 32.2. The fraction of sp³-hybridized carbons (Fsp3) is 0.250. The molecule has 0 aliphatic heterocycles. The number of carbonyl (C=O) groups is 2. The first-order chi connectivity index (χ1) is 15.9. The van der Waals surface area contributed by atoms with E-state index in [0.717, 1.165) is 11.1 Å². The molecule has 174 valence electrons. The van der Waals surface area contributed by atoms with Crippen LogP contribution < -0.4 is 15.5 Å². The van der Waals surface area contributed by atoms with Crippen LogP contribution in [-0.4, -0.2) is 31.5 Å². The van der Waals surface area contributed by atoms with Gasteiger partial charge in [-0.15, -0.1) is 0 Å². The van der Waals surface area contributed by atoms with E-state index in [1.165, 1.54) is 11.5 Å². The number of amides is 2. The number of carbonyl (C=O) groups excluding carboxylic acids is 2. The van der Waals surface area contributed by atoms with E-state index >= 15 is 0 Å². The zero-order valence-electron chi connectivity index (χ0n) is 18.0. The quantitative estimate of drug-likeness (QED) is 0.194. The zero-order chi connectivity index (χ0) is 23.7. The average Bonchev–Trinajstić information content (AvgIpc) is 2.82. The van der Waals surface area contributed by atoms with Gasteiger partial charge in [-0.1, -0.05) is 67.4 Å². The molecule has 0 fully saturated rings. The molecule has 33 heavy (non-hydrogen) atoms. The summed E-state index contributed by atoms with van der Waals surface area (Å²) in [6, 6.07) is 20.0.